The zero-order valence-electron chi connectivity index (χ0n) is 11.0. The molecule has 0 bridgehead atoms. The summed E-state index contributed by atoms with van der Waals surface area (Å²) < 4.78 is 5.33. The van der Waals surface area contributed by atoms with Crippen LogP contribution in [0.1, 0.15) is 11.8 Å². The largest absolute Gasteiger partial charge is 0.481 e. The quantitative estimate of drug-likeness (QED) is 0.736. The minimum atomic E-state index is -0.917. The van der Waals surface area contributed by atoms with Crippen molar-refractivity contribution in [2.75, 3.05) is 32.1 Å². The van der Waals surface area contributed by atoms with E-state index in [4.69, 9.17) is 9.52 Å². The molecule has 0 fully saturated rings. The Kier molecular flexibility index (Phi) is 6.44. The molecular weight excluding hydrogens is 268 g/mol. The first-order chi connectivity index (χ1) is 9.00. The molecule has 1 heterocycles. The van der Waals surface area contributed by atoms with Gasteiger partial charge in [-0.2, -0.15) is 0 Å². The Balaban J connectivity index is 2.36. The molecule has 106 valence electrons. The number of carboxylic acid groups (broad SMARTS) is 1. The first-order valence-corrected chi connectivity index (χ1v) is 6.92. The van der Waals surface area contributed by atoms with Crippen LogP contribution in [0.2, 0.25) is 0 Å². The lowest BCUT2D eigenvalue weighted by Gasteiger charge is -2.22. The van der Waals surface area contributed by atoms with Gasteiger partial charge in [0.25, 0.3) is 0 Å². The van der Waals surface area contributed by atoms with E-state index in [9.17, 15) is 9.59 Å². The summed E-state index contributed by atoms with van der Waals surface area (Å²) in [6.45, 7) is 0.424. The number of aliphatic carboxylic acids is 1. The molecule has 0 aliphatic rings. The lowest BCUT2D eigenvalue weighted by atomic mass is 10.2. The zero-order chi connectivity index (χ0) is 14.3. The molecule has 0 radical (unpaired) electrons. The fourth-order valence-electron chi connectivity index (χ4n) is 1.51. The Labute approximate surface area is 116 Å². The third kappa shape index (κ3) is 5.80. The van der Waals surface area contributed by atoms with Crippen LogP contribution < -0.4 is 5.32 Å². The molecule has 1 aromatic heterocycles. The van der Waals surface area contributed by atoms with Crippen LogP contribution in [0.5, 0.6) is 0 Å². The summed E-state index contributed by atoms with van der Waals surface area (Å²) in [4.78, 5) is 23.8. The number of thioether (sulfide) groups is 1. The van der Waals surface area contributed by atoms with Gasteiger partial charge in [-0.3, -0.25) is 14.5 Å². The highest BCUT2D eigenvalue weighted by Gasteiger charge is 2.17. The molecule has 0 saturated heterocycles. The normalized spacial score (nSPS) is 12.4. The van der Waals surface area contributed by atoms with E-state index in [1.165, 1.54) is 0 Å². The van der Waals surface area contributed by atoms with E-state index in [1.54, 1.807) is 12.3 Å². The number of furan rings is 1. The number of carboxylic acids is 1. The summed E-state index contributed by atoms with van der Waals surface area (Å²) in [5, 5.41) is 11.2. The summed E-state index contributed by atoms with van der Waals surface area (Å²) in [7, 11) is 3.80. The van der Waals surface area contributed by atoms with Crippen LogP contribution in [0.3, 0.4) is 0 Å². The molecule has 0 aliphatic heterocycles. The monoisotopic (exact) mass is 286 g/mol. The minimum absolute atomic E-state index is 0.0385. The van der Waals surface area contributed by atoms with Crippen molar-refractivity contribution in [1.29, 1.82) is 0 Å². The zero-order valence-corrected chi connectivity index (χ0v) is 11.8. The summed E-state index contributed by atoms with van der Waals surface area (Å²) in [5.41, 5.74) is 0. The number of nitrogens with one attached hydrogen (secondary N) is 1. The number of nitrogens with zero attached hydrogens (tertiary/aromatic N) is 1. The second-order valence-electron chi connectivity index (χ2n) is 4.19. The van der Waals surface area contributed by atoms with Crippen LogP contribution in [-0.2, 0) is 9.59 Å². The highest BCUT2D eigenvalue weighted by Crippen LogP contribution is 2.17. The van der Waals surface area contributed by atoms with Gasteiger partial charge in [0.2, 0.25) is 5.91 Å². The van der Waals surface area contributed by atoms with Gasteiger partial charge < -0.3 is 14.8 Å². The Morgan fingerprint density at radius 2 is 2.21 bits per heavy atom. The standard InChI is InChI=1S/C12H18N2O4S/c1-14(2)9(10-4-3-5-18-10)6-13-11(15)7-19-8-12(16)17/h3-5,9H,6-8H2,1-2H3,(H,13,15)(H,16,17). The third-order valence-corrected chi connectivity index (χ3v) is 3.36. The molecule has 0 spiro atoms. The molecule has 19 heavy (non-hydrogen) atoms. The van der Waals surface area contributed by atoms with Gasteiger partial charge in [0, 0.05) is 6.54 Å². The minimum Gasteiger partial charge on any atom is -0.481 e. The summed E-state index contributed by atoms with van der Waals surface area (Å²) in [6.07, 6.45) is 1.59. The fourth-order valence-corrected chi connectivity index (χ4v) is 2.08. The lowest BCUT2D eigenvalue weighted by molar-refractivity contribution is -0.133. The maximum Gasteiger partial charge on any atom is 0.313 e. The molecule has 1 rings (SSSR count). The third-order valence-electron chi connectivity index (χ3n) is 2.45. The first-order valence-electron chi connectivity index (χ1n) is 5.76. The van der Waals surface area contributed by atoms with Crippen molar-refractivity contribution in [3.63, 3.8) is 0 Å². The van der Waals surface area contributed by atoms with E-state index in [-0.39, 0.29) is 23.5 Å². The Bertz CT molecular complexity index is 406. The molecule has 1 unspecified atom stereocenters. The van der Waals surface area contributed by atoms with Gasteiger partial charge in [0.05, 0.1) is 23.8 Å². The summed E-state index contributed by atoms with van der Waals surface area (Å²) in [6, 6.07) is 3.62. The van der Waals surface area contributed by atoms with E-state index in [2.05, 4.69) is 5.32 Å². The van der Waals surface area contributed by atoms with Crippen molar-refractivity contribution in [2.24, 2.45) is 0 Å². The van der Waals surface area contributed by atoms with Crippen molar-refractivity contribution in [1.82, 2.24) is 10.2 Å². The van der Waals surface area contributed by atoms with Gasteiger partial charge in [-0.15, -0.1) is 11.8 Å². The number of hydrogen-bond acceptors (Lipinski definition) is 5. The van der Waals surface area contributed by atoms with Crippen molar-refractivity contribution >= 4 is 23.6 Å². The van der Waals surface area contributed by atoms with E-state index in [0.717, 1.165) is 17.5 Å². The lowest BCUT2D eigenvalue weighted by Crippen LogP contribution is -2.35. The Hall–Kier alpha value is -1.47. The summed E-state index contributed by atoms with van der Waals surface area (Å²) in [5.74, 6) is -0.236. The predicted molar refractivity (Wildman–Crippen MR) is 73.1 cm³/mol. The van der Waals surface area contributed by atoms with Gasteiger partial charge in [-0.1, -0.05) is 0 Å². The maximum atomic E-state index is 11.5. The fraction of sp³-hybridized carbons (Fsp3) is 0.500. The van der Waals surface area contributed by atoms with Gasteiger partial charge in [0.1, 0.15) is 5.76 Å². The molecule has 7 heteroatoms. The van der Waals surface area contributed by atoms with Crippen LogP contribution in [-0.4, -0.2) is 54.0 Å². The van der Waals surface area contributed by atoms with E-state index in [0.29, 0.717) is 6.54 Å². The van der Waals surface area contributed by atoms with Crippen molar-refractivity contribution in [2.45, 2.75) is 6.04 Å². The topological polar surface area (TPSA) is 82.8 Å². The van der Waals surface area contributed by atoms with Crippen molar-refractivity contribution < 1.29 is 19.1 Å². The van der Waals surface area contributed by atoms with E-state index in [1.807, 2.05) is 25.1 Å². The molecule has 1 atom stereocenters. The Morgan fingerprint density at radius 3 is 2.74 bits per heavy atom. The average Bonchev–Trinajstić information content (AvgIpc) is 2.82. The molecule has 1 amide bonds. The number of hydrogen-bond donors (Lipinski definition) is 2. The van der Waals surface area contributed by atoms with Crippen LogP contribution in [0.25, 0.3) is 0 Å². The Morgan fingerprint density at radius 1 is 1.47 bits per heavy atom. The van der Waals surface area contributed by atoms with Crippen LogP contribution >= 0.6 is 11.8 Å². The van der Waals surface area contributed by atoms with Crippen molar-refractivity contribution in [3.8, 4) is 0 Å². The number of carbonyl (C=O) groups excluding carboxylic acids is 1. The van der Waals surface area contributed by atoms with Gasteiger partial charge in [-0.05, 0) is 26.2 Å². The van der Waals surface area contributed by atoms with Gasteiger partial charge in [0.15, 0.2) is 0 Å². The number of likely N-dealkylation sites (N-methyl/N-ethyl adjacent to an activating group) is 1. The molecule has 0 aromatic carbocycles. The number of rotatable bonds is 8. The van der Waals surface area contributed by atoms with Gasteiger partial charge in [-0.25, -0.2) is 0 Å². The van der Waals surface area contributed by atoms with Crippen LogP contribution in [0, 0.1) is 0 Å². The molecule has 0 aliphatic carbocycles. The second-order valence-corrected chi connectivity index (χ2v) is 5.17. The summed E-state index contributed by atoms with van der Waals surface area (Å²) >= 11 is 1.08. The maximum absolute atomic E-state index is 11.5. The van der Waals surface area contributed by atoms with E-state index < -0.39 is 5.97 Å². The SMILES string of the molecule is CN(C)C(CNC(=O)CSCC(=O)O)c1ccco1. The number of carbonyl (C=O) groups is 2. The number of amides is 1. The molecule has 1 aromatic rings. The molecular formula is C12H18N2O4S. The highest BCUT2D eigenvalue weighted by molar-refractivity contribution is 8.00. The molecule has 2 N–H and O–H groups in total. The predicted octanol–water partition coefficient (Wildman–Crippen LogP) is 0.816. The second kappa shape index (κ2) is 7.85. The first kappa shape index (κ1) is 15.6. The van der Waals surface area contributed by atoms with E-state index >= 15 is 0 Å². The van der Waals surface area contributed by atoms with Crippen LogP contribution in [0.4, 0.5) is 0 Å². The highest BCUT2D eigenvalue weighted by atomic mass is 32.2. The van der Waals surface area contributed by atoms with Gasteiger partial charge >= 0.3 is 5.97 Å². The smallest absolute Gasteiger partial charge is 0.313 e. The van der Waals surface area contributed by atoms with Crippen LogP contribution in [0.15, 0.2) is 22.8 Å². The molecule has 0 saturated carbocycles. The average molecular weight is 286 g/mol. The molecule has 6 nitrogen and oxygen atoms in total. The van der Waals surface area contributed by atoms with Crippen molar-refractivity contribution in [3.05, 3.63) is 24.2 Å².